The van der Waals surface area contributed by atoms with Crippen LogP contribution < -0.4 is 15.5 Å². The zero-order valence-corrected chi connectivity index (χ0v) is 25.7. The van der Waals surface area contributed by atoms with Gasteiger partial charge in [-0.25, -0.2) is 10.3 Å². The Kier molecular flexibility index (Phi) is 12.8. The third kappa shape index (κ3) is 11.1. The van der Waals surface area contributed by atoms with Crippen molar-refractivity contribution in [2.45, 2.75) is 63.5 Å². The van der Waals surface area contributed by atoms with Crippen LogP contribution in [0, 0.1) is 0 Å². The van der Waals surface area contributed by atoms with Gasteiger partial charge in [0.25, 0.3) is 0 Å². The molecule has 4 rings (SSSR count). The molecule has 44 heavy (non-hydrogen) atoms. The molecule has 1 aliphatic rings. The van der Waals surface area contributed by atoms with Crippen molar-refractivity contribution >= 4 is 23.6 Å². The predicted octanol–water partition coefficient (Wildman–Crippen LogP) is 6.13. The minimum atomic E-state index is -0.402. The number of hydroxylamine groups is 1. The van der Waals surface area contributed by atoms with Crippen LogP contribution in [-0.4, -0.2) is 60.9 Å². The average molecular weight is 601 g/mol. The van der Waals surface area contributed by atoms with Crippen molar-refractivity contribution in [1.29, 1.82) is 0 Å². The lowest BCUT2D eigenvalue weighted by Crippen LogP contribution is -2.37. The summed E-state index contributed by atoms with van der Waals surface area (Å²) in [5.41, 5.74) is 5.49. The molecule has 9 nitrogen and oxygen atoms in total. The number of hydrogen-bond donors (Lipinski definition) is 2. The molecule has 1 aliphatic carbocycles. The molecule has 1 saturated carbocycles. The molecule has 0 saturated heterocycles. The van der Waals surface area contributed by atoms with E-state index >= 15 is 0 Å². The van der Waals surface area contributed by atoms with Crippen molar-refractivity contribution < 1.29 is 24.0 Å². The Balaban J connectivity index is 1.02. The lowest BCUT2D eigenvalue weighted by atomic mass is 10.1. The second-order valence-corrected chi connectivity index (χ2v) is 11.4. The summed E-state index contributed by atoms with van der Waals surface area (Å²) in [5, 5.41) is 2.88. The molecule has 3 amide bonds. The van der Waals surface area contributed by atoms with E-state index in [-0.39, 0.29) is 18.4 Å². The number of benzene rings is 3. The second-order valence-electron chi connectivity index (χ2n) is 11.4. The Hall–Kier alpha value is -4.21. The molecule has 2 N–H and O–H groups in total. The van der Waals surface area contributed by atoms with Crippen LogP contribution in [0.4, 0.5) is 10.5 Å². The van der Waals surface area contributed by atoms with E-state index in [9.17, 15) is 14.4 Å². The van der Waals surface area contributed by atoms with E-state index in [0.717, 1.165) is 49.9 Å². The first kappa shape index (κ1) is 32.7. The lowest BCUT2D eigenvalue weighted by Gasteiger charge is -2.22. The largest absolute Gasteiger partial charge is 0.415 e. The van der Waals surface area contributed by atoms with E-state index in [4.69, 9.17) is 9.57 Å². The van der Waals surface area contributed by atoms with E-state index < -0.39 is 6.09 Å². The topological polar surface area (TPSA) is 100 Å². The third-order valence-electron chi connectivity index (χ3n) is 7.82. The summed E-state index contributed by atoms with van der Waals surface area (Å²) < 4.78 is 5.52. The van der Waals surface area contributed by atoms with Gasteiger partial charge in [-0.1, -0.05) is 73.5 Å². The molecule has 3 aromatic carbocycles. The standard InChI is InChI=1S/C35H44N4O5/c1-38(32-25-31(32)28-13-7-5-8-14-28)23-24-39(2)35(42)44-30-21-19-27(20-22-30)26-43-37-34(41)18-12-4-3-11-17-33(40)36-29-15-9-6-10-16-29/h5-10,13-16,19-22,31-32H,3-4,11-12,17-18,23-26H2,1-2H3,(H,36,40)(H,37,41). The zero-order chi connectivity index (χ0) is 31.1. The Morgan fingerprint density at radius 2 is 1.41 bits per heavy atom. The molecule has 0 bridgehead atoms. The second kappa shape index (κ2) is 17.2. The molecule has 0 aliphatic heterocycles. The van der Waals surface area contributed by atoms with Crippen LogP contribution in [0.15, 0.2) is 84.9 Å². The first-order chi connectivity index (χ1) is 21.4. The summed E-state index contributed by atoms with van der Waals surface area (Å²) in [6.45, 7) is 1.55. The Morgan fingerprint density at radius 3 is 2.09 bits per heavy atom. The van der Waals surface area contributed by atoms with Gasteiger partial charge in [0.1, 0.15) is 5.75 Å². The predicted molar refractivity (Wildman–Crippen MR) is 171 cm³/mol. The van der Waals surface area contributed by atoms with Gasteiger partial charge in [0.2, 0.25) is 11.8 Å². The first-order valence-corrected chi connectivity index (χ1v) is 15.4. The average Bonchev–Trinajstić information content (AvgIpc) is 3.84. The van der Waals surface area contributed by atoms with Crippen molar-refractivity contribution in [2.24, 2.45) is 0 Å². The number of unbranched alkanes of at least 4 members (excludes halogenated alkanes) is 3. The molecule has 0 spiro atoms. The van der Waals surface area contributed by atoms with Gasteiger partial charge in [-0.3, -0.25) is 14.4 Å². The minimum absolute atomic E-state index is 0.00526. The lowest BCUT2D eigenvalue weighted by molar-refractivity contribution is -0.134. The highest BCUT2D eigenvalue weighted by atomic mass is 16.6. The third-order valence-corrected chi connectivity index (χ3v) is 7.82. The number of nitrogens with zero attached hydrogens (tertiary/aromatic N) is 2. The van der Waals surface area contributed by atoms with Crippen molar-refractivity contribution in [2.75, 3.05) is 32.5 Å². The number of hydrogen-bond acceptors (Lipinski definition) is 6. The van der Waals surface area contributed by atoms with Crippen LogP contribution in [0.1, 0.15) is 62.0 Å². The van der Waals surface area contributed by atoms with Crippen molar-refractivity contribution in [1.82, 2.24) is 15.3 Å². The fraction of sp³-hybridized carbons (Fsp3) is 0.400. The molecule has 234 valence electrons. The summed E-state index contributed by atoms with van der Waals surface area (Å²) in [6.07, 6.45) is 4.84. The van der Waals surface area contributed by atoms with Crippen LogP contribution in [0.5, 0.6) is 5.75 Å². The van der Waals surface area contributed by atoms with E-state index in [1.807, 2.05) is 36.4 Å². The SMILES string of the molecule is CN(CCN(C)C1CC1c1ccccc1)C(=O)Oc1ccc(CONC(=O)CCCCCCC(=O)Nc2ccccc2)cc1. The van der Waals surface area contributed by atoms with E-state index in [0.29, 0.717) is 37.1 Å². The fourth-order valence-corrected chi connectivity index (χ4v) is 5.05. The number of carbonyl (C=O) groups is 3. The summed E-state index contributed by atoms with van der Waals surface area (Å²) in [7, 11) is 3.85. The summed E-state index contributed by atoms with van der Waals surface area (Å²) >= 11 is 0. The number of amides is 3. The molecular weight excluding hydrogens is 556 g/mol. The van der Waals surface area contributed by atoms with E-state index in [1.165, 1.54) is 5.56 Å². The number of rotatable bonds is 17. The molecule has 2 unspecified atom stereocenters. The maximum atomic E-state index is 12.6. The van der Waals surface area contributed by atoms with Gasteiger partial charge in [0.15, 0.2) is 0 Å². The smallest absolute Gasteiger partial charge is 0.410 e. The monoisotopic (exact) mass is 600 g/mol. The molecule has 1 fully saturated rings. The van der Waals surface area contributed by atoms with Crippen molar-refractivity contribution in [3.63, 3.8) is 0 Å². The number of carbonyl (C=O) groups excluding carboxylic acids is 3. The molecule has 0 aromatic heterocycles. The number of likely N-dealkylation sites (N-methyl/N-ethyl adjacent to an activating group) is 2. The van der Waals surface area contributed by atoms with Crippen LogP contribution in [0.25, 0.3) is 0 Å². The zero-order valence-electron chi connectivity index (χ0n) is 25.7. The molecule has 0 heterocycles. The van der Waals surface area contributed by atoms with Crippen LogP contribution in [-0.2, 0) is 21.0 Å². The fourth-order valence-electron chi connectivity index (χ4n) is 5.05. The van der Waals surface area contributed by atoms with Gasteiger partial charge in [-0.05, 0) is 61.7 Å². The van der Waals surface area contributed by atoms with Crippen molar-refractivity contribution in [3.8, 4) is 5.75 Å². The quantitative estimate of drug-likeness (QED) is 0.143. The summed E-state index contributed by atoms with van der Waals surface area (Å²) in [6, 6.07) is 27.5. The van der Waals surface area contributed by atoms with Crippen LogP contribution >= 0.6 is 0 Å². The normalized spacial score (nSPS) is 15.4. The summed E-state index contributed by atoms with van der Waals surface area (Å²) in [4.78, 5) is 45.9. The first-order valence-electron chi connectivity index (χ1n) is 15.4. The Labute approximate surface area is 260 Å². The number of nitrogens with one attached hydrogen (secondary N) is 2. The highest BCUT2D eigenvalue weighted by molar-refractivity contribution is 5.90. The molecule has 0 radical (unpaired) electrons. The molecule has 9 heteroatoms. The van der Waals surface area contributed by atoms with Gasteiger partial charge < -0.3 is 19.9 Å². The maximum Gasteiger partial charge on any atom is 0.415 e. The highest BCUT2D eigenvalue weighted by Gasteiger charge is 2.40. The Bertz CT molecular complexity index is 1320. The van der Waals surface area contributed by atoms with E-state index in [1.54, 1.807) is 36.2 Å². The number of anilines is 1. The number of para-hydroxylation sites is 1. The summed E-state index contributed by atoms with van der Waals surface area (Å²) in [5.74, 6) is 0.845. The molecular formula is C35H44N4O5. The van der Waals surface area contributed by atoms with E-state index in [2.05, 4.69) is 47.0 Å². The van der Waals surface area contributed by atoms with Crippen LogP contribution in [0.2, 0.25) is 0 Å². The van der Waals surface area contributed by atoms with Gasteiger partial charge in [0, 0.05) is 50.6 Å². The minimum Gasteiger partial charge on any atom is -0.410 e. The van der Waals surface area contributed by atoms with Gasteiger partial charge in [0.05, 0.1) is 6.61 Å². The Morgan fingerprint density at radius 1 is 0.773 bits per heavy atom. The molecule has 2 atom stereocenters. The number of ether oxygens (including phenoxy) is 1. The maximum absolute atomic E-state index is 12.6. The van der Waals surface area contributed by atoms with Crippen molar-refractivity contribution in [3.05, 3.63) is 96.1 Å². The molecule has 3 aromatic rings. The van der Waals surface area contributed by atoms with Gasteiger partial charge in [-0.15, -0.1) is 0 Å². The van der Waals surface area contributed by atoms with Crippen LogP contribution in [0.3, 0.4) is 0 Å². The van der Waals surface area contributed by atoms with Gasteiger partial charge >= 0.3 is 6.09 Å². The van der Waals surface area contributed by atoms with Gasteiger partial charge in [-0.2, -0.15) is 0 Å². The highest BCUT2D eigenvalue weighted by Crippen LogP contribution is 2.43.